The molecule has 1 aromatic heterocycles. The molecule has 2 atom stereocenters. The van der Waals surface area contributed by atoms with Crippen molar-refractivity contribution in [3.05, 3.63) is 30.2 Å². The summed E-state index contributed by atoms with van der Waals surface area (Å²) in [5.74, 6) is 0.584. The summed E-state index contributed by atoms with van der Waals surface area (Å²) in [5.41, 5.74) is 2.25. The highest BCUT2D eigenvalue weighted by molar-refractivity contribution is 5.94. The number of amides is 1. The number of anilines is 1. The van der Waals surface area contributed by atoms with Crippen LogP contribution in [0.15, 0.2) is 24.7 Å². The third-order valence-corrected chi connectivity index (χ3v) is 5.14. The maximum atomic E-state index is 12.5. The second kappa shape index (κ2) is 7.89. The van der Waals surface area contributed by atoms with E-state index in [4.69, 9.17) is 0 Å². The molecule has 27 heavy (non-hydrogen) atoms. The summed E-state index contributed by atoms with van der Waals surface area (Å²) in [6.07, 6.45) is 4.23. The molecule has 2 heterocycles. The van der Waals surface area contributed by atoms with E-state index >= 15 is 0 Å². The molecule has 2 aromatic rings. The van der Waals surface area contributed by atoms with E-state index in [0.717, 1.165) is 30.6 Å². The lowest BCUT2D eigenvalue weighted by Crippen LogP contribution is -2.52. The summed E-state index contributed by atoms with van der Waals surface area (Å²) in [5, 5.41) is 10.2. The highest BCUT2D eigenvalue weighted by atomic mass is 16.2. The zero-order valence-corrected chi connectivity index (χ0v) is 16.4. The van der Waals surface area contributed by atoms with Crippen LogP contribution in [-0.2, 0) is 4.79 Å². The van der Waals surface area contributed by atoms with E-state index in [0.29, 0.717) is 23.5 Å². The van der Waals surface area contributed by atoms with Crippen molar-refractivity contribution in [2.75, 3.05) is 45.7 Å². The second-order valence-corrected chi connectivity index (χ2v) is 7.67. The molecule has 1 fully saturated rings. The normalized spacial score (nSPS) is 19.9. The van der Waals surface area contributed by atoms with Crippen LogP contribution in [0.3, 0.4) is 0 Å². The molecule has 1 aliphatic rings. The van der Waals surface area contributed by atoms with Crippen molar-refractivity contribution in [2.24, 2.45) is 5.92 Å². The molecule has 3 rings (SSSR count). The Balaban J connectivity index is 1.90. The lowest BCUT2D eigenvalue weighted by atomic mass is 9.93. The van der Waals surface area contributed by atoms with Crippen LogP contribution in [0.25, 0.3) is 10.9 Å². The molecule has 0 spiro atoms. The van der Waals surface area contributed by atoms with Gasteiger partial charge in [0.15, 0.2) is 0 Å². The number of carbonyl (C=O) groups excluding carboxylic acids is 1. The van der Waals surface area contributed by atoms with E-state index in [1.165, 1.54) is 6.33 Å². The van der Waals surface area contributed by atoms with Gasteiger partial charge >= 0.3 is 0 Å². The van der Waals surface area contributed by atoms with E-state index in [1.807, 2.05) is 43.1 Å². The number of nitriles is 1. The van der Waals surface area contributed by atoms with Crippen molar-refractivity contribution in [2.45, 2.75) is 19.4 Å². The minimum Gasteiger partial charge on any atom is -0.369 e. The predicted molar refractivity (Wildman–Crippen MR) is 105 cm³/mol. The van der Waals surface area contributed by atoms with Gasteiger partial charge in [0, 0.05) is 43.4 Å². The summed E-state index contributed by atoms with van der Waals surface area (Å²) in [6, 6.07) is 6.14. The monoisotopic (exact) mass is 366 g/mol. The number of carbonyl (C=O) groups is 1. The molecule has 0 N–H and O–H groups in total. The highest BCUT2D eigenvalue weighted by Gasteiger charge is 2.30. The maximum absolute atomic E-state index is 12.5. The van der Waals surface area contributed by atoms with E-state index in [2.05, 4.69) is 27.9 Å². The topological polar surface area (TPSA) is 76.4 Å². The van der Waals surface area contributed by atoms with Gasteiger partial charge in [-0.3, -0.25) is 4.79 Å². The molecule has 0 radical (unpaired) electrons. The predicted octanol–water partition coefficient (Wildman–Crippen LogP) is 1.74. The molecule has 0 aliphatic carbocycles. The van der Waals surface area contributed by atoms with Crippen LogP contribution in [0, 0.1) is 17.2 Å². The molecule has 7 nitrogen and oxygen atoms in total. The highest BCUT2D eigenvalue weighted by Crippen LogP contribution is 2.31. The Labute approximate surface area is 160 Å². The largest absolute Gasteiger partial charge is 0.369 e. The molecule has 1 saturated heterocycles. The lowest BCUT2D eigenvalue weighted by Gasteiger charge is -2.42. The smallest absolute Gasteiger partial charge is 0.236 e. The fourth-order valence-electron chi connectivity index (χ4n) is 3.81. The molecule has 1 aliphatic heterocycles. The van der Waals surface area contributed by atoms with Crippen LogP contribution in [0.5, 0.6) is 0 Å². The number of benzene rings is 1. The van der Waals surface area contributed by atoms with E-state index in [1.54, 1.807) is 6.20 Å². The molecule has 0 saturated carbocycles. The first-order valence-electron chi connectivity index (χ1n) is 9.18. The average molecular weight is 366 g/mol. The molecule has 0 unspecified atom stereocenters. The molecular formula is C20H26N6O. The number of nitrogens with zero attached hydrogens (tertiary/aromatic N) is 6. The number of aromatic nitrogens is 2. The maximum Gasteiger partial charge on any atom is 0.236 e. The van der Waals surface area contributed by atoms with Gasteiger partial charge in [-0.2, -0.15) is 5.26 Å². The van der Waals surface area contributed by atoms with E-state index < -0.39 is 0 Å². The minimum atomic E-state index is 0.132. The van der Waals surface area contributed by atoms with E-state index in [9.17, 15) is 10.1 Å². The molecule has 0 bridgehead atoms. The first-order chi connectivity index (χ1) is 12.9. The van der Waals surface area contributed by atoms with Gasteiger partial charge in [0.1, 0.15) is 12.4 Å². The molecule has 1 amide bonds. The number of rotatable bonds is 4. The lowest BCUT2D eigenvalue weighted by molar-refractivity contribution is -0.132. The van der Waals surface area contributed by atoms with Gasteiger partial charge in [-0.05, 0) is 38.6 Å². The van der Waals surface area contributed by atoms with Crippen LogP contribution in [-0.4, -0.2) is 72.5 Å². The average Bonchev–Trinajstić information content (AvgIpc) is 2.65. The van der Waals surface area contributed by atoms with Gasteiger partial charge in [-0.25, -0.2) is 9.97 Å². The van der Waals surface area contributed by atoms with Crippen molar-refractivity contribution < 1.29 is 4.79 Å². The fraction of sp³-hybridized carbons (Fsp3) is 0.500. The third kappa shape index (κ3) is 4.01. The Morgan fingerprint density at radius 3 is 2.81 bits per heavy atom. The molecule has 7 heteroatoms. The van der Waals surface area contributed by atoms with Gasteiger partial charge in [0.2, 0.25) is 5.91 Å². The second-order valence-electron chi connectivity index (χ2n) is 7.67. The van der Waals surface area contributed by atoms with Gasteiger partial charge in [0.05, 0.1) is 17.6 Å². The molecule has 1 aromatic carbocycles. The van der Waals surface area contributed by atoms with Crippen molar-refractivity contribution in [3.8, 4) is 6.07 Å². The van der Waals surface area contributed by atoms with Crippen LogP contribution in [0.1, 0.15) is 18.9 Å². The van der Waals surface area contributed by atoms with Crippen molar-refractivity contribution >= 4 is 22.5 Å². The molecular weight excluding hydrogens is 340 g/mol. The van der Waals surface area contributed by atoms with Crippen LogP contribution in [0.2, 0.25) is 0 Å². The number of likely N-dealkylation sites (N-methyl/N-ethyl adjacent to an activating group) is 2. The Morgan fingerprint density at radius 2 is 2.11 bits per heavy atom. The van der Waals surface area contributed by atoms with Crippen molar-refractivity contribution in [1.29, 1.82) is 5.26 Å². The Morgan fingerprint density at radius 1 is 1.33 bits per heavy atom. The fourth-order valence-corrected chi connectivity index (χ4v) is 3.81. The van der Waals surface area contributed by atoms with E-state index in [-0.39, 0.29) is 11.9 Å². The zero-order chi connectivity index (χ0) is 19.6. The summed E-state index contributed by atoms with van der Waals surface area (Å²) < 4.78 is 0. The number of fused-ring (bicyclic) bond motifs is 1. The quantitative estimate of drug-likeness (QED) is 0.820. The number of hydrogen-bond acceptors (Lipinski definition) is 6. The summed E-state index contributed by atoms with van der Waals surface area (Å²) in [7, 11) is 5.71. The molecule has 142 valence electrons. The van der Waals surface area contributed by atoms with Gasteiger partial charge < -0.3 is 14.7 Å². The van der Waals surface area contributed by atoms with Crippen LogP contribution in [0.4, 0.5) is 5.69 Å². The zero-order valence-electron chi connectivity index (χ0n) is 16.4. The van der Waals surface area contributed by atoms with Gasteiger partial charge in [-0.1, -0.05) is 6.92 Å². The van der Waals surface area contributed by atoms with Gasteiger partial charge in [-0.15, -0.1) is 0 Å². The number of hydrogen-bond donors (Lipinski definition) is 0. The SMILES string of the molecule is C[C@H]1C[C@@H](N(C)C(=O)CN(C)C)CN(c2ccc(C#N)c3ncncc23)C1. The van der Waals surface area contributed by atoms with Crippen LogP contribution < -0.4 is 4.90 Å². The van der Waals surface area contributed by atoms with Crippen molar-refractivity contribution in [1.82, 2.24) is 19.8 Å². The number of piperidine rings is 1. The third-order valence-electron chi connectivity index (χ3n) is 5.14. The minimum absolute atomic E-state index is 0.132. The summed E-state index contributed by atoms with van der Waals surface area (Å²) in [6.45, 7) is 4.29. The standard InChI is InChI=1S/C20H26N6O/c1-14-7-16(25(4)19(27)12-24(2)3)11-26(10-14)18-6-5-15(8-21)20-17(18)9-22-13-23-20/h5-6,9,13-14,16H,7,10-12H2,1-4H3/t14-,16+/m0/s1. The summed E-state index contributed by atoms with van der Waals surface area (Å²) in [4.78, 5) is 27.1. The van der Waals surface area contributed by atoms with Crippen LogP contribution >= 0.6 is 0 Å². The first-order valence-corrected chi connectivity index (χ1v) is 9.18. The Kier molecular flexibility index (Phi) is 5.57. The summed E-state index contributed by atoms with van der Waals surface area (Å²) >= 11 is 0. The van der Waals surface area contributed by atoms with Gasteiger partial charge in [0.25, 0.3) is 0 Å². The first kappa shape index (κ1) is 19.1. The van der Waals surface area contributed by atoms with Crippen molar-refractivity contribution in [3.63, 3.8) is 0 Å². The Hall–Kier alpha value is -2.72. The Bertz CT molecular complexity index is 874.